The van der Waals surface area contributed by atoms with E-state index in [1.54, 1.807) is 0 Å². The Morgan fingerprint density at radius 1 is 1.28 bits per heavy atom. The predicted octanol–water partition coefficient (Wildman–Crippen LogP) is 4.26. The van der Waals surface area contributed by atoms with Gasteiger partial charge in [0.2, 0.25) is 0 Å². The highest BCUT2D eigenvalue weighted by Gasteiger charge is 2.32. The molecule has 0 aromatic heterocycles. The molecule has 1 aliphatic heterocycles. The summed E-state index contributed by atoms with van der Waals surface area (Å²) in [6.07, 6.45) is 3.80. The lowest BCUT2D eigenvalue weighted by Gasteiger charge is -2.45. The van der Waals surface area contributed by atoms with Crippen LogP contribution in [0.3, 0.4) is 0 Å². The Balaban J connectivity index is 2.08. The summed E-state index contributed by atoms with van der Waals surface area (Å²) in [5, 5.41) is 0. The lowest BCUT2D eigenvalue weighted by molar-refractivity contribution is 0.0444. The summed E-state index contributed by atoms with van der Waals surface area (Å²) >= 11 is 0. The van der Waals surface area contributed by atoms with Crippen molar-refractivity contribution in [1.29, 1.82) is 0 Å². The standard InChI is InChI=1S/C17H27N/c1-5-15-7-6-8-16(11-15)13-18-10-9-14(2)12-17(18,3)4/h6-8,11,14H,5,9-10,12-13H2,1-4H3. The van der Waals surface area contributed by atoms with Crippen molar-refractivity contribution in [3.63, 3.8) is 0 Å². The van der Waals surface area contributed by atoms with Crippen molar-refractivity contribution < 1.29 is 0 Å². The second-order valence-corrected chi connectivity index (χ2v) is 6.51. The summed E-state index contributed by atoms with van der Waals surface area (Å²) < 4.78 is 0. The van der Waals surface area contributed by atoms with Crippen LogP contribution in [0.25, 0.3) is 0 Å². The van der Waals surface area contributed by atoms with Crippen LogP contribution in [0.1, 0.15) is 51.7 Å². The van der Waals surface area contributed by atoms with E-state index in [0.29, 0.717) is 5.54 Å². The molecule has 1 heterocycles. The van der Waals surface area contributed by atoms with Gasteiger partial charge >= 0.3 is 0 Å². The van der Waals surface area contributed by atoms with E-state index in [2.05, 4.69) is 56.9 Å². The Morgan fingerprint density at radius 2 is 2.00 bits per heavy atom. The molecule has 1 heteroatoms. The molecule has 0 amide bonds. The van der Waals surface area contributed by atoms with Gasteiger partial charge in [-0.25, -0.2) is 0 Å². The lowest BCUT2D eigenvalue weighted by Crippen LogP contribution is -2.48. The van der Waals surface area contributed by atoms with E-state index in [0.717, 1.165) is 18.9 Å². The zero-order chi connectivity index (χ0) is 13.2. The Kier molecular flexibility index (Phi) is 4.11. The van der Waals surface area contributed by atoms with Gasteiger partial charge in [0.25, 0.3) is 0 Å². The fraction of sp³-hybridized carbons (Fsp3) is 0.647. The largest absolute Gasteiger partial charge is 0.294 e. The van der Waals surface area contributed by atoms with Crippen molar-refractivity contribution in [1.82, 2.24) is 4.90 Å². The quantitative estimate of drug-likeness (QED) is 0.769. The van der Waals surface area contributed by atoms with Gasteiger partial charge in [0.05, 0.1) is 0 Å². The average molecular weight is 245 g/mol. The van der Waals surface area contributed by atoms with Crippen molar-refractivity contribution in [2.24, 2.45) is 5.92 Å². The molecular formula is C17H27N. The topological polar surface area (TPSA) is 3.24 Å². The molecule has 0 spiro atoms. The highest BCUT2D eigenvalue weighted by Crippen LogP contribution is 2.32. The normalized spacial score (nSPS) is 24.1. The van der Waals surface area contributed by atoms with Crippen LogP contribution in [-0.2, 0) is 13.0 Å². The molecule has 1 fully saturated rings. The summed E-state index contributed by atoms with van der Waals surface area (Å²) in [6.45, 7) is 11.7. The number of rotatable bonds is 3. The van der Waals surface area contributed by atoms with E-state index in [4.69, 9.17) is 0 Å². The fourth-order valence-electron chi connectivity index (χ4n) is 3.22. The number of hydrogen-bond donors (Lipinski definition) is 0. The summed E-state index contributed by atoms with van der Waals surface area (Å²) in [5.74, 6) is 0.873. The molecule has 0 N–H and O–H groups in total. The van der Waals surface area contributed by atoms with Crippen LogP contribution in [-0.4, -0.2) is 17.0 Å². The maximum atomic E-state index is 2.65. The van der Waals surface area contributed by atoms with Crippen molar-refractivity contribution in [3.05, 3.63) is 35.4 Å². The van der Waals surface area contributed by atoms with Gasteiger partial charge in [0.1, 0.15) is 0 Å². The first-order valence-corrected chi connectivity index (χ1v) is 7.34. The van der Waals surface area contributed by atoms with Gasteiger partial charge in [-0.3, -0.25) is 4.90 Å². The Hall–Kier alpha value is -0.820. The molecule has 18 heavy (non-hydrogen) atoms. The highest BCUT2D eigenvalue weighted by atomic mass is 15.2. The Bertz CT molecular complexity index is 394. The number of nitrogens with zero attached hydrogens (tertiary/aromatic N) is 1. The third-order valence-electron chi connectivity index (χ3n) is 4.37. The number of aryl methyl sites for hydroxylation is 1. The summed E-state index contributed by atoms with van der Waals surface area (Å²) in [7, 11) is 0. The molecule has 0 bridgehead atoms. The molecule has 1 aliphatic rings. The van der Waals surface area contributed by atoms with Gasteiger partial charge < -0.3 is 0 Å². The van der Waals surface area contributed by atoms with Gasteiger partial charge in [0, 0.05) is 12.1 Å². The monoisotopic (exact) mass is 245 g/mol. The van der Waals surface area contributed by atoms with E-state index in [1.165, 1.54) is 30.5 Å². The van der Waals surface area contributed by atoms with Crippen molar-refractivity contribution in [3.8, 4) is 0 Å². The minimum atomic E-state index is 0.347. The van der Waals surface area contributed by atoms with Crippen molar-refractivity contribution >= 4 is 0 Å². The van der Waals surface area contributed by atoms with Gasteiger partial charge in [0.15, 0.2) is 0 Å². The molecule has 1 saturated heterocycles. The summed E-state index contributed by atoms with van der Waals surface area (Å²) in [4.78, 5) is 2.65. The third kappa shape index (κ3) is 3.14. The summed E-state index contributed by atoms with van der Waals surface area (Å²) in [5.41, 5.74) is 3.27. The van der Waals surface area contributed by atoms with Crippen LogP contribution < -0.4 is 0 Å². The fourth-order valence-corrected chi connectivity index (χ4v) is 3.22. The van der Waals surface area contributed by atoms with Gasteiger partial charge in [-0.2, -0.15) is 0 Å². The Morgan fingerprint density at radius 3 is 2.67 bits per heavy atom. The molecule has 100 valence electrons. The lowest BCUT2D eigenvalue weighted by atomic mass is 9.83. The molecule has 2 rings (SSSR count). The van der Waals surface area contributed by atoms with Crippen LogP contribution >= 0.6 is 0 Å². The average Bonchev–Trinajstić information content (AvgIpc) is 2.32. The van der Waals surface area contributed by atoms with Crippen molar-refractivity contribution in [2.45, 2.75) is 59.0 Å². The van der Waals surface area contributed by atoms with Crippen LogP contribution in [0.2, 0.25) is 0 Å². The van der Waals surface area contributed by atoms with Crippen LogP contribution in [0.4, 0.5) is 0 Å². The first-order chi connectivity index (χ1) is 8.51. The van der Waals surface area contributed by atoms with Gasteiger partial charge in [-0.15, -0.1) is 0 Å². The van der Waals surface area contributed by atoms with E-state index in [1.807, 2.05) is 0 Å². The van der Waals surface area contributed by atoms with Crippen LogP contribution in [0.5, 0.6) is 0 Å². The minimum Gasteiger partial charge on any atom is -0.294 e. The van der Waals surface area contributed by atoms with E-state index in [-0.39, 0.29) is 0 Å². The predicted molar refractivity (Wildman–Crippen MR) is 78.7 cm³/mol. The van der Waals surface area contributed by atoms with E-state index >= 15 is 0 Å². The third-order valence-corrected chi connectivity index (χ3v) is 4.37. The SMILES string of the molecule is CCc1cccc(CN2CCC(C)CC2(C)C)c1. The van der Waals surface area contributed by atoms with Crippen LogP contribution in [0, 0.1) is 5.92 Å². The molecule has 1 aromatic carbocycles. The molecule has 0 aliphatic carbocycles. The van der Waals surface area contributed by atoms with Gasteiger partial charge in [-0.1, -0.05) is 38.1 Å². The molecule has 1 aromatic rings. The smallest absolute Gasteiger partial charge is 0.0239 e. The van der Waals surface area contributed by atoms with Gasteiger partial charge in [-0.05, 0) is 56.7 Å². The minimum absolute atomic E-state index is 0.347. The van der Waals surface area contributed by atoms with Crippen LogP contribution in [0.15, 0.2) is 24.3 Å². The molecule has 1 unspecified atom stereocenters. The number of piperidine rings is 1. The van der Waals surface area contributed by atoms with E-state index < -0.39 is 0 Å². The number of hydrogen-bond acceptors (Lipinski definition) is 1. The number of likely N-dealkylation sites (tertiary alicyclic amines) is 1. The first-order valence-electron chi connectivity index (χ1n) is 7.34. The second-order valence-electron chi connectivity index (χ2n) is 6.51. The van der Waals surface area contributed by atoms with E-state index in [9.17, 15) is 0 Å². The highest BCUT2D eigenvalue weighted by molar-refractivity contribution is 5.23. The maximum absolute atomic E-state index is 2.65. The van der Waals surface area contributed by atoms with Crippen molar-refractivity contribution in [2.75, 3.05) is 6.54 Å². The molecule has 0 radical (unpaired) electrons. The molecular weight excluding hydrogens is 218 g/mol. The molecule has 0 saturated carbocycles. The second kappa shape index (κ2) is 5.44. The molecule has 1 atom stereocenters. The first kappa shape index (κ1) is 13.6. The Labute approximate surface area is 112 Å². The zero-order valence-corrected chi connectivity index (χ0v) is 12.4. The maximum Gasteiger partial charge on any atom is 0.0239 e. The number of benzene rings is 1. The summed E-state index contributed by atoms with van der Waals surface area (Å²) in [6, 6.07) is 9.07. The molecule has 1 nitrogen and oxygen atoms in total. The zero-order valence-electron chi connectivity index (χ0n) is 12.4.